The van der Waals surface area contributed by atoms with Crippen molar-refractivity contribution in [1.82, 2.24) is 19.9 Å². The molecule has 1 saturated heterocycles. The van der Waals surface area contributed by atoms with Gasteiger partial charge in [0.1, 0.15) is 11.5 Å². The van der Waals surface area contributed by atoms with Gasteiger partial charge in [-0.25, -0.2) is 9.97 Å². The van der Waals surface area contributed by atoms with Crippen LogP contribution in [0.3, 0.4) is 0 Å². The number of aryl methyl sites for hydroxylation is 1. The molecule has 0 aliphatic carbocycles. The largest absolute Gasteiger partial charge is 0.370 e. The number of rotatable bonds is 4. The maximum absolute atomic E-state index is 11.8. The molecule has 1 N–H and O–H groups in total. The fraction of sp³-hybridized carbons (Fsp3) is 0.412. The van der Waals surface area contributed by atoms with E-state index in [-0.39, 0.29) is 5.91 Å². The summed E-state index contributed by atoms with van der Waals surface area (Å²) >= 11 is 0. The van der Waals surface area contributed by atoms with Gasteiger partial charge in [-0.1, -0.05) is 6.07 Å². The number of anilines is 1. The topological polar surface area (TPSA) is 71.0 Å². The van der Waals surface area contributed by atoms with Crippen LogP contribution in [-0.2, 0) is 4.79 Å². The van der Waals surface area contributed by atoms with Crippen LogP contribution in [-0.4, -0.2) is 45.9 Å². The summed E-state index contributed by atoms with van der Waals surface area (Å²) in [5, 5.41) is 3.35. The van der Waals surface area contributed by atoms with E-state index in [9.17, 15) is 4.79 Å². The molecular formula is C17H21N5O. The van der Waals surface area contributed by atoms with Crippen LogP contribution in [0.4, 0.5) is 5.82 Å². The van der Waals surface area contributed by atoms with Crippen LogP contribution in [0.1, 0.15) is 18.5 Å². The zero-order chi connectivity index (χ0) is 16.2. The number of likely N-dealkylation sites (tertiary alicyclic amines) is 1. The van der Waals surface area contributed by atoms with E-state index in [0.29, 0.717) is 18.2 Å². The van der Waals surface area contributed by atoms with Gasteiger partial charge in [0.25, 0.3) is 0 Å². The van der Waals surface area contributed by atoms with Crippen molar-refractivity contribution in [2.75, 3.05) is 25.5 Å². The lowest BCUT2D eigenvalue weighted by Gasteiger charge is -2.28. The summed E-state index contributed by atoms with van der Waals surface area (Å²) in [4.78, 5) is 26.9. The van der Waals surface area contributed by atoms with Gasteiger partial charge >= 0.3 is 0 Å². The Morgan fingerprint density at radius 3 is 2.96 bits per heavy atom. The summed E-state index contributed by atoms with van der Waals surface area (Å²) in [6.07, 6.45) is 3.35. The lowest BCUT2D eigenvalue weighted by molar-refractivity contribution is -0.133. The van der Waals surface area contributed by atoms with Crippen LogP contribution in [0.15, 0.2) is 30.5 Å². The summed E-state index contributed by atoms with van der Waals surface area (Å²) in [5.74, 6) is 1.97. The number of nitrogens with one attached hydrogen (secondary N) is 1. The van der Waals surface area contributed by atoms with Gasteiger partial charge in [0.2, 0.25) is 5.91 Å². The second kappa shape index (κ2) is 6.73. The number of hydrogen-bond acceptors (Lipinski definition) is 5. The normalized spacial score (nSPS) is 18.1. The first kappa shape index (κ1) is 15.4. The predicted molar refractivity (Wildman–Crippen MR) is 88.9 cm³/mol. The number of aromatic nitrogens is 3. The lowest BCUT2D eigenvalue weighted by atomic mass is 9.96. The number of piperidine rings is 1. The van der Waals surface area contributed by atoms with Crippen LogP contribution in [0, 0.1) is 12.8 Å². The van der Waals surface area contributed by atoms with Crippen molar-refractivity contribution in [1.29, 1.82) is 0 Å². The van der Waals surface area contributed by atoms with Gasteiger partial charge in [0.05, 0.1) is 0 Å². The molecule has 1 atom stereocenters. The SMILES string of the molecule is Cc1cc(NCC2CCN(C)C(=O)C2)nc(-c2ccccn2)n1. The second-order valence-electron chi connectivity index (χ2n) is 5.99. The zero-order valence-corrected chi connectivity index (χ0v) is 13.5. The third-order valence-electron chi connectivity index (χ3n) is 4.08. The molecule has 2 aromatic heterocycles. The van der Waals surface area contributed by atoms with E-state index in [4.69, 9.17) is 0 Å². The van der Waals surface area contributed by atoms with E-state index in [1.54, 1.807) is 11.1 Å². The highest BCUT2D eigenvalue weighted by Crippen LogP contribution is 2.19. The molecule has 6 nitrogen and oxygen atoms in total. The third-order valence-corrected chi connectivity index (χ3v) is 4.08. The Labute approximate surface area is 136 Å². The molecule has 2 aromatic rings. The first-order valence-corrected chi connectivity index (χ1v) is 7.87. The van der Waals surface area contributed by atoms with E-state index >= 15 is 0 Å². The predicted octanol–water partition coefficient (Wildman–Crippen LogP) is 2.13. The van der Waals surface area contributed by atoms with E-state index in [1.165, 1.54) is 0 Å². The summed E-state index contributed by atoms with van der Waals surface area (Å²) in [7, 11) is 1.86. The van der Waals surface area contributed by atoms with Crippen LogP contribution in [0.5, 0.6) is 0 Å². The standard InChI is InChI=1S/C17H21N5O/c1-12-9-15(19-11-13-6-8-22(2)16(23)10-13)21-17(20-12)14-5-3-4-7-18-14/h3-5,7,9,13H,6,8,10-11H2,1-2H3,(H,19,20,21). The fourth-order valence-electron chi connectivity index (χ4n) is 2.70. The Kier molecular flexibility index (Phi) is 4.50. The smallest absolute Gasteiger partial charge is 0.222 e. The number of carbonyl (C=O) groups is 1. The minimum atomic E-state index is 0.219. The van der Waals surface area contributed by atoms with E-state index in [1.807, 2.05) is 38.2 Å². The number of nitrogens with zero attached hydrogens (tertiary/aromatic N) is 4. The summed E-state index contributed by atoms with van der Waals surface area (Å²) in [6, 6.07) is 7.61. The van der Waals surface area contributed by atoms with Crippen LogP contribution in [0.2, 0.25) is 0 Å². The molecule has 1 amide bonds. The van der Waals surface area contributed by atoms with Gasteiger partial charge in [-0.3, -0.25) is 9.78 Å². The summed E-state index contributed by atoms with van der Waals surface area (Å²) in [5.41, 5.74) is 1.65. The lowest BCUT2D eigenvalue weighted by Crippen LogP contribution is -2.37. The minimum Gasteiger partial charge on any atom is -0.370 e. The first-order chi connectivity index (χ1) is 11.1. The highest BCUT2D eigenvalue weighted by molar-refractivity contribution is 5.76. The average molecular weight is 311 g/mol. The van der Waals surface area contributed by atoms with Crippen LogP contribution in [0.25, 0.3) is 11.5 Å². The molecule has 23 heavy (non-hydrogen) atoms. The Hall–Kier alpha value is -2.50. The van der Waals surface area contributed by atoms with Crippen molar-refractivity contribution in [3.63, 3.8) is 0 Å². The minimum absolute atomic E-state index is 0.219. The molecule has 1 unspecified atom stereocenters. The summed E-state index contributed by atoms with van der Waals surface area (Å²) in [6.45, 7) is 3.52. The molecule has 120 valence electrons. The van der Waals surface area contributed by atoms with Crippen molar-refractivity contribution < 1.29 is 4.79 Å². The number of hydrogen-bond donors (Lipinski definition) is 1. The van der Waals surface area contributed by atoms with Crippen molar-refractivity contribution in [3.8, 4) is 11.5 Å². The Bertz CT molecular complexity index is 689. The van der Waals surface area contributed by atoms with Crippen LogP contribution < -0.4 is 5.32 Å². The van der Waals surface area contributed by atoms with Crippen LogP contribution >= 0.6 is 0 Å². The van der Waals surface area contributed by atoms with Crippen molar-refractivity contribution in [3.05, 3.63) is 36.2 Å². The molecule has 3 heterocycles. The van der Waals surface area contributed by atoms with Gasteiger partial charge in [0, 0.05) is 44.5 Å². The molecule has 0 bridgehead atoms. The second-order valence-corrected chi connectivity index (χ2v) is 5.99. The van der Waals surface area contributed by atoms with Gasteiger partial charge in [-0.2, -0.15) is 0 Å². The Morgan fingerprint density at radius 2 is 2.22 bits per heavy atom. The maximum Gasteiger partial charge on any atom is 0.222 e. The molecule has 6 heteroatoms. The monoisotopic (exact) mass is 311 g/mol. The molecule has 0 aromatic carbocycles. The summed E-state index contributed by atoms with van der Waals surface area (Å²) < 4.78 is 0. The first-order valence-electron chi connectivity index (χ1n) is 7.87. The van der Waals surface area contributed by atoms with E-state index in [2.05, 4.69) is 20.3 Å². The zero-order valence-electron chi connectivity index (χ0n) is 13.5. The molecule has 0 saturated carbocycles. The number of carbonyl (C=O) groups excluding carboxylic acids is 1. The van der Waals surface area contributed by atoms with Crippen molar-refractivity contribution >= 4 is 11.7 Å². The highest BCUT2D eigenvalue weighted by atomic mass is 16.2. The van der Waals surface area contributed by atoms with Gasteiger partial charge in [-0.05, 0) is 31.4 Å². The van der Waals surface area contributed by atoms with Crippen molar-refractivity contribution in [2.24, 2.45) is 5.92 Å². The molecular weight excluding hydrogens is 290 g/mol. The third kappa shape index (κ3) is 3.83. The van der Waals surface area contributed by atoms with Crippen molar-refractivity contribution in [2.45, 2.75) is 19.8 Å². The highest BCUT2D eigenvalue weighted by Gasteiger charge is 2.23. The molecule has 1 aliphatic heterocycles. The van der Waals surface area contributed by atoms with E-state index in [0.717, 1.165) is 36.7 Å². The van der Waals surface area contributed by atoms with Gasteiger partial charge in [0.15, 0.2) is 5.82 Å². The molecule has 3 rings (SSSR count). The number of amides is 1. The molecule has 1 fully saturated rings. The Balaban J connectivity index is 1.69. The fourth-order valence-corrected chi connectivity index (χ4v) is 2.70. The Morgan fingerprint density at radius 1 is 1.35 bits per heavy atom. The average Bonchev–Trinajstić information content (AvgIpc) is 2.56. The molecule has 0 spiro atoms. The molecule has 0 radical (unpaired) electrons. The maximum atomic E-state index is 11.8. The quantitative estimate of drug-likeness (QED) is 0.936. The molecule has 1 aliphatic rings. The number of pyridine rings is 1. The van der Waals surface area contributed by atoms with Gasteiger partial charge < -0.3 is 10.2 Å². The van der Waals surface area contributed by atoms with Gasteiger partial charge in [-0.15, -0.1) is 0 Å². The van der Waals surface area contributed by atoms with E-state index < -0.39 is 0 Å².